The van der Waals surface area contributed by atoms with E-state index in [9.17, 15) is 14.0 Å². The lowest BCUT2D eigenvalue weighted by atomic mass is 10.00. The minimum absolute atomic E-state index is 0.0271. The van der Waals surface area contributed by atoms with E-state index in [-0.39, 0.29) is 17.9 Å². The highest BCUT2D eigenvalue weighted by atomic mass is 79.9. The zero-order valence-electron chi connectivity index (χ0n) is 12.4. The number of hydrogen-bond donors (Lipinski definition) is 2. The smallest absolute Gasteiger partial charge is 0.247 e. The highest BCUT2D eigenvalue weighted by molar-refractivity contribution is 9.10. The van der Waals surface area contributed by atoms with Crippen LogP contribution in [0.15, 0.2) is 59.0 Å². The number of amides is 1. The van der Waals surface area contributed by atoms with Gasteiger partial charge in [-0.2, -0.15) is 0 Å². The second-order valence-corrected chi connectivity index (χ2v) is 6.10. The fourth-order valence-electron chi connectivity index (χ4n) is 2.41. The summed E-state index contributed by atoms with van der Waals surface area (Å²) in [6.07, 6.45) is 4.80. The van der Waals surface area contributed by atoms with Crippen LogP contribution in [-0.4, -0.2) is 22.7 Å². The average molecular weight is 390 g/mol. The molecule has 5 nitrogen and oxygen atoms in total. The van der Waals surface area contributed by atoms with E-state index in [0.717, 1.165) is 0 Å². The van der Waals surface area contributed by atoms with E-state index >= 15 is 0 Å². The average Bonchev–Trinajstić information content (AvgIpc) is 3.05. The molecule has 1 atom stereocenters. The number of nitrogens with one attached hydrogen (secondary N) is 2. The molecular formula is C17H13BrFN3O2. The molecule has 0 fully saturated rings. The molecule has 0 radical (unpaired) electrons. The Morgan fingerprint density at radius 3 is 2.71 bits per heavy atom. The number of hydrogen-bond acceptors (Lipinski definition) is 4. The van der Waals surface area contributed by atoms with Crippen LogP contribution in [-0.2, 0) is 4.79 Å². The lowest BCUT2D eigenvalue weighted by Gasteiger charge is -2.12. The van der Waals surface area contributed by atoms with Gasteiger partial charge >= 0.3 is 0 Å². The molecule has 1 amide bonds. The number of carbonyl (C=O) groups is 2. The van der Waals surface area contributed by atoms with Gasteiger partial charge in [0.05, 0.1) is 5.56 Å². The van der Waals surface area contributed by atoms with Crippen LogP contribution >= 0.6 is 15.9 Å². The molecule has 2 N–H and O–H groups in total. The van der Waals surface area contributed by atoms with Crippen LogP contribution in [0.3, 0.4) is 0 Å². The van der Waals surface area contributed by atoms with Crippen LogP contribution in [0.25, 0.3) is 0 Å². The van der Waals surface area contributed by atoms with Gasteiger partial charge in [0.15, 0.2) is 5.78 Å². The number of aromatic nitrogens is 1. The molecule has 1 aromatic heterocycles. The van der Waals surface area contributed by atoms with Crippen molar-refractivity contribution >= 4 is 33.3 Å². The van der Waals surface area contributed by atoms with Gasteiger partial charge in [-0.15, -0.1) is 0 Å². The molecule has 0 saturated carbocycles. The van der Waals surface area contributed by atoms with Crippen LogP contribution in [0.1, 0.15) is 16.8 Å². The lowest BCUT2D eigenvalue weighted by molar-refractivity contribution is -0.117. The fraction of sp³-hybridized carbons (Fsp3) is 0.118. The molecule has 24 heavy (non-hydrogen) atoms. The van der Waals surface area contributed by atoms with Gasteiger partial charge in [-0.3, -0.25) is 14.6 Å². The molecule has 122 valence electrons. The molecule has 2 aromatic rings. The highest BCUT2D eigenvalue weighted by Gasteiger charge is 2.29. The molecule has 0 aliphatic carbocycles. The van der Waals surface area contributed by atoms with Gasteiger partial charge in [-0.25, -0.2) is 4.39 Å². The summed E-state index contributed by atoms with van der Waals surface area (Å²) < 4.78 is 14.3. The summed E-state index contributed by atoms with van der Waals surface area (Å²) in [7, 11) is 0. The Morgan fingerprint density at radius 2 is 2.00 bits per heavy atom. The Balaban J connectivity index is 1.69. The van der Waals surface area contributed by atoms with Crippen LogP contribution < -0.4 is 10.6 Å². The fourth-order valence-corrected chi connectivity index (χ4v) is 2.93. The third-order valence-electron chi connectivity index (χ3n) is 3.63. The number of nitrogens with zero attached hydrogens (tertiary/aromatic N) is 1. The number of halogens is 2. The topological polar surface area (TPSA) is 71.1 Å². The van der Waals surface area contributed by atoms with Crippen molar-refractivity contribution in [2.45, 2.75) is 12.5 Å². The Kier molecular flexibility index (Phi) is 4.71. The summed E-state index contributed by atoms with van der Waals surface area (Å²) in [5.74, 6) is -1.31. The molecule has 7 heteroatoms. The largest absolute Gasteiger partial charge is 0.379 e. The molecule has 1 unspecified atom stereocenters. The lowest BCUT2D eigenvalue weighted by Crippen LogP contribution is -2.34. The molecule has 1 aliphatic rings. The first kappa shape index (κ1) is 16.3. The second kappa shape index (κ2) is 6.92. The maximum Gasteiger partial charge on any atom is 0.247 e. The van der Waals surface area contributed by atoms with Gasteiger partial charge in [0, 0.05) is 40.7 Å². The molecule has 1 aromatic carbocycles. The number of rotatable bonds is 4. The number of pyridine rings is 1. The van der Waals surface area contributed by atoms with Crippen LogP contribution in [0.2, 0.25) is 0 Å². The van der Waals surface area contributed by atoms with Crippen molar-refractivity contribution in [1.82, 2.24) is 10.3 Å². The summed E-state index contributed by atoms with van der Waals surface area (Å²) >= 11 is 3.19. The number of Topliss-reactive ketones (excluding diaryl/α,β-unsaturated/α-hetero) is 1. The van der Waals surface area contributed by atoms with Crippen molar-refractivity contribution in [3.05, 3.63) is 70.4 Å². The molecule has 0 saturated heterocycles. The summed E-state index contributed by atoms with van der Waals surface area (Å²) in [5, 5.41) is 5.60. The third-order valence-corrected chi connectivity index (χ3v) is 4.29. The summed E-state index contributed by atoms with van der Waals surface area (Å²) in [6, 6.07) is 7.11. The van der Waals surface area contributed by atoms with Crippen LogP contribution in [0.4, 0.5) is 10.1 Å². The normalized spacial score (nSPS) is 16.2. The first-order valence-corrected chi connectivity index (χ1v) is 8.00. The Morgan fingerprint density at radius 1 is 1.25 bits per heavy atom. The molecule has 2 heterocycles. The maximum absolute atomic E-state index is 13.9. The van der Waals surface area contributed by atoms with Crippen molar-refractivity contribution in [3.8, 4) is 0 Å². The predicted octanol–water partition coefficient (Wildman–Crippen LogP) is 3.05. The molecule has 1 aliphatic heterocycles. The summed E-state index contributed by atoms with van der Waals surface area (Å²) in [6.45, 7) is 0. The number of benzene rings is 1. The van der Waals surface area contributed by atoms with Crippen molar-refractivity contribution in [2.24, 2.45) is 0 Å². The van der Waals surface area contributed by atoms with E-state index in [1.54, 1.807) is 30.6 Å². The predicted molar refractivity (Wildman–Crippen MR) is 90.9 cm³/mol. The quantitative estimate of drug-likeness (QED) is 0.788. The Bertz CT molecular complexity index is 804. The van der Waals surface area contributed by atoms with E-state index in [2.05, 4.69) is 31.5 Å². The van der Waals surface area contributed by atoms with Crippen molar-refractivity contribution in [1.29, 1.82) is 0 Å². The molecular weight excluding hydrogens is 377 g/mol. The molecule has 3 rings (SSSR count). The van der Waals surface area contributed by atoms with Crippen molar-refractivity contribution in [3.63, 3.8) is 0 Å². The van der Waals surface area contributed by atoms with Crippen molar-refractivity contribution in [2.75, 3.05) is 5.32 Å². The third kappa shape index (κ3) is 3.35. The number of ketones is 1. The second-order valence-electron chi connectivity index (χ2n) is 5.24. The first-order valence-electron chi connectivity index (χ1n) is 7.21. The number of anilines is 1. The molecule has 0 spiro atoms. The number of carbonyl (C=O) groups excluding carboxylic acids is 2. The van der Waals surface area contributed by atoms with E-state index in [0.29, 0.717) is 15.7 Å². The van der Waals surface area contributed by atoms with E-state index in [1.807, 2.05) is 0 Å². The van der Waals surface area contributed by atoms with Crippen molar-refractivity contribution < 1.29 is 14.0 Å². The van der Waals surface area contributed by atoms with E-state index < -0.39 is 17.6 Å². The van der Waals surface area contributed by atoms with E-state index in [1.165, 1.54) is 18.3 Å². The van der Waals surface area contributed by atoms with Gasteiger partial charge in [0.2, 0.25) is 5.91 Å². The summed E-state index contributed by atoms with van der Waals surface area (Å²) in [4.78, 5) is 28.6. The van der Waals surface area contributed by atoms with Gasteiger partial charge in [-0.1, -0.05) is 6.07 Å². The summed E-state index contributed by atoms with van der Waals surface area (Å²) in [5.41, 5.74) is 0.949. The van der Waals surface area contributed by atoms with Crippen LogP contribution in [0, 0.1) is 5.82 Å². The Labute approximate surface area is 146 Å². The maximum atomic E-state index is 13.9. The zero-order chi connectivity index (χ0) is 17.1. The van der Waals surface area contributed by atoms with Gasteiger partial charge in [0.1, 0.15) is 11.9 Å². The first-order chi connectivity index (χ1) is 11.6. The zero-order valence-corrected chi connectivity index (χ0v) is 14.0. The highest BCUT2D eigenvalue weighted by Crippen LogP contribution is 2.26. The Hall–Kier alpha value is -2.54. The standard InChI is InChI=1S/C17H13BrFN3O2/c18-12-2-1-3-13(19)15(12)16(23)10-8-14(21-9-10)17(24)22-11-4-6-20-7-5-11/h1-7,9,14,21H,8H2,(H,20,22,24). The van der Waals surface area contributed by atoms with Crippen LogP contribution in [0.5, 0.6) is 0 Å². The SMILES string of the molecule is O=C(C1=CNC(C(=O)Nc2ccncc2)C1)c1c(F)cccc1Br. The van der Waals surface area contributed by atoms with Gasteiger partial charge in [-0.05, 0) is 40.2 Å². The van der Waals surface area contributed by atoms with Gasteiger partial charge < -0.3 is 10.6 Å². The molecule has 0 bridgehead atoms. The van der Waals surface area contributed by atoms with E-state index in [4.69, 9.17) is 0 Å². The van der Waals surface area contributed by atoms with Gasteiger partial charge in [0.25, 0.3) is 0 Å². The minimum atomic E-state index is -0.597. The minimum Gasteiger partial charge on any atom is -0.379 e. The monoisotopic (exact) mass is 389 g/mol.